The van der Waals surface area contributed by atoms with E-state index in [2.05, 4.69) is 15.5 Å². The molecule has 1 aromatic heterocycles. The zero-order valence-corrected chi connectivity index (χ0v) is 18.3. The molecule has 6 nitrogen and oxygen atoms in total. The van der Waals surface area contributed by atoms with Gasteiger partial charge in [0.05, 0.1) is 11.8 Å². The topological polar surface area (TPSA) is 73.3 Å². The van der Waals surface area contributed by atoms with Crippen molar-refractivity contribution in [2.75, 3.05) is 12.5 Å². The van der Waals surface area contributed by atoms with Crippen molar-refractivity contribution in [3.05, 3.63) is 78.4 Å². The summed E-state index contributed by atoms with van der Waals surface area (Å²) in [6, 6.07) is 23.6. The third-order valence-electron chi connectivity index (χ3n) is 5.31. The summed E-state index contributed by atoms with van der Waals surface area (Å²) in [4.78, 5) is 12.6. The average Bonchev–Trinajstić information content (AvgIpc) is 3.31. The first kappa shape index (κ1) is 20.3. The Labute approximate surface area is 190 Å². The molecule has 1 amide bonds. The Morgan fingerprint density at radius 3 is 2.56 bits per heavy atom. The zero-order chi connectivity index (χ0) is 21.9. The number of carbonyl (C=O) groups excluding carboxylic acids is 1. The molecular formula is C25H21N3O3S. The van der Waals surface area contributed by atoms with Crippen LogP contribution in [0.2, 0.25) is 0 Å². The van der Waals surface area contributed by atoms with Gasteiger partial charge in [-0.2, -0.15) is 0 Å². The summed E-state index contributed by atoms with van der Waals surface area (Å²) in [6.07, 6.45) is 0. The maximum absolute atomic E-state index is 12.6. The number of amides is 1. The summed E-state index contributed by atoms with van der Waals surface area (Å²) >= 11 is 1.39. The fraction of sp³-hybridized carbons (Fsp3) is 0.160. The minimum Gasteiger partial charge on any atom is -0.454 e. The highest BCUT2D eigenvalue weighted by molar-refractivity contribution is 8.00. The second-order valence-corrected chi connectivity index (χ2v) is 8.42. The van der Waals surface area contributed by atoms with E-state index in [0.29, 0.717) is 5.75 Å². The number of ether oxygens (including phenoxy) is 2. The smallest absolute Gasteiger partial charge is 0.231 e. The lowest BCUT2D eigenvalue weighted by atomic mass is 10.1. The molecule has 3 aromatic carbocycles. The van der Waals surface area contributed by atoms with Crippen LogP contribution in [0.1, 0.15) is 18.5 Å². The third-order valence-corrected chi connectivity index (χ3v) is 6.30. The Kier molecular flexibility index (Phi) is 5.64. The molecule has 32 heavy (non-hydrogen) atoms. The van der Waals surface area contributed by atoms with Crippen LogP contribution < -0.4 is 14.8 Å². The van der Waals surface area contributed by atoms with Gasteiger partial charge in [0.15, 0.2) is 11.5 Å². The maximum atomic E-state index is 12.6. The Balaban J connectivity index is 1.29. The number of hydrogen-bond acceptors (Lipinski definition) is 6. The van der Waals surface area contributed by atoms with Gasteiger partial charge in [0, 0.05) is 16.3 Å². The molecule has 5 rings (SSSR count). The molecule has 1 aliphatic heterocycles. The molecule has 4 aromatic rings. The van der Waals surface area contributed by atoms with E-state index in [0.717, 1.165) is 38.4 Å². The first-order chi connectivity index (χ1) is 15.7. The van der Waals surface area contributed by atoms with Crippen LogP contribution in [0.5, 0.6) is 11.5 Å². The van der Waals surface area contributed by atoms with Crippen LogP contribution in [0.15, 0.2) is 77.8 Å². The Hall–Kier alpha value is -3.58. The minimum atomic E-state index is -0.152. The van der Waals surface area contributed by atoms with Crippen molar-refractivity contribution >= 4 is 28.4 Å². The summed E-state index contributed by atoms with van der Waals surface area (Å²) in [5.74, 6) is 1.61. The van der Waals surface area contributed by atoms with Gasteiger partial charge in [-0.3, -0.25) is 4.79 Å². The average molecular weight is 444 g/mol. The highest BCUT2D eigenvalue weighted by Gasteiger charge is 2.18. The number of fused-ring (bicyclic) bond motifs is 2. The molecule has 7 heteroatoms. The van der Waals surface area contributed by atoms with Crippen LogP contribution in [0, 0.1) is 0 Å². The summed E-state index contributed by atoms with van der Waals surface area (Å²) in [7, 11) is 0. The molecule has 0 aliphatic carbocycles. The lowest BCUT2D eigenvalue weighted by molar-refractivity contribution is -0.119. The third kappa shape index (κ3) is 4.11. The van der Waals surface area contributed by atoms with Gasteiger partial charge < -0.3 is 14.8 Å². The van der Waals surface area contributed by atoms with E-state index < -0.39 is 0 Å². The first-order valence-electron chi connectivity index (χ1n) is 10.3. The van der Waals surface area contributed by atoms with Gasteiger partial charge in [-0.15, -0.1) is 10.2 Å². The van der Waals surface area contributed by atoms with E-state index in [4.69, 9.17) is 9.47 Å². The number of rotatable bonds is 6. The Morgan fingerprint density at radius 2 is 1.72 bits per heavy atom. The van der Waals surface area contributed by atoms with Crippen molar-refractivity contribution in [1.82, 2.24) is 15.5 Å². The van der Waals surface area contributed by atoms with Crippen LogP contribution in [0.25, 0.3) is 22.0 Å². The molecule has 0 spiro atoms. The predicted octanol–water partition coefficient (Wildman–Crippen LogP) is 5.00. The molecule has 1 N–H and O–H groups in total. The van der Waals surface area contributed by atoms with Crippen molar-refractivity contribution < 1.29 is 14.3 Å². The fourth-order valence-electron chi connectivity index (χ4n) is 3.68. The van der Waals surface area contributed by atoms with Gasteiger partial charge in [0.2, 0.25) is 12.7 Å². The highest BCUT2D eigenvalue weighted by atomic mass is 32.2. The van der Waals surface area contributed by atoms with Crippen LogP contribution >= 0.6 is 11.8 Å². The van der Waals surface area contributed by atoms with E-state index >= 15 is 0 Å². The van der Waals surface area contributed by atoms with Crippen molar-refractivity contribution in [3.8, 4) is 22.8 Å². The van der Waals surface area contributed by atoms with E-state index in [9.17, 15) is 4.79 Å². The van der Waals surface area contributed by atoms with Gasteiger partial charge >= 0.3 is 0 Å². The lowest BCUT2D eigenvalue weighted by Crippen LogP contribution is -2.28. The van der Waals surface area contributed by atoms with Gasteiger partial charge in [-0.25, -0.2) is 0 Å². The molecule has 2 heterocycles. The Bertz CT molecular complexity index is 1280. The second kappa shape index (κ2) is 8.88. The molecule has 1 aliphatic rings. The number of aromatic nitrogens is 2. The molecule has 1 unspecified atom stereocenters. The highest BCUT2D eigenvalue weighted by Crippen LogP contribution is 2.34. The van der Waals surface area contributed by atoms with Gasteiger partial charge in [0.25, 0.3) is 0 Å². The summed E-state index contributed by atoms with van der Waals surface area (Å²) in [5, 5.41) is 14.7. The molecule has 160 valence electrons. The van der Waals surface area contributed by atoms with Gasteiger partial charge in [0.1, 0.15) is 10.7 Å². The Morgan fingerprint density at radius 1 is 0.969 bits per heavy atom. The van der Waals surface area contributed by atoms with E-state index in [1.165, 1.54) is 11.8 Å². The van der Waals surface area contributed by atoms with Crippen LogP contribution in [-0.4, -0.2) is 28.7 Å². The van der Waals surface area contributed by atoms with Crippen molar-refractivity contribution in [1.29, 1.82) is 0 Å². The van der Waals surface area contributed by atoms with E-state index in [-0.39, 0.29) is 24.5 Å². The molecule has 0 fully saturated rings. The largest absolute Gasteiger partial charge is 0.454 e. The normalized spacial score (nSPS) is 13.2. The first-order valence-corrected chi connectivity index (χ1v) is 11.3. The number of nitrogens with one attached hydrogen (secondary N) is 1. The number of hydrogen-bond donors (Lipinski definition) is 1. The zero-order valence-electron chi connectivity index (χ0n) is 17.4. The number of benzene rings is 3. The van der Waals surface area contributed by atoms with E-state index in [1.54, 1.807) is 0 Å². The maximum Gasteiger partial charge on any atom is 0.231 e. The van der Waals surface area contributed by atoms with E-state index in [1.807, 2.05) is 79.7 Å². The van der Waals surface area contributed by atoms with Crippen LogP contribution in [0.3, 0.4) is 0 Å². The number of carbonyl (C=O) groups is 1. The summed E-state index contributed by atoms with van der Waals surface area (Å²) in [5.41, 5.74) is 2.82. The minimum absolute atomic E-state index is 0.0711. The van der Waals surface area contributed by atoms with Crippen molar-refractivity contribution in [2.45, 2.75) is 18.0 Å². The fourth-order valence-corrected chi connectivity index (χ4v) is 4.46. The lowest BCUT2D eigenvalue weighted by Gasteiger charge is -2.15. The SMILES string of the molecule is CC(NC(=O)CSc1nnc(-c2ccccc2)c2ccccc12)c1ccc2c(c1)OCO2. The number of thioether (sulfide) groups is 1. The summed E-state index contributed by atoms with van der Waals surface area (Å²) < 4.78 is 10.8. The molecule has 0 radical (unpaired) electrons. The van der Waals surface area contributed by atoms with Crippen molar-refractivity contribution in [3.63, 3.8) is 0 Å². The predicted molar refractivity (Wildman–Crippen MR) is 125 cm³/mol. The van der Waals surface area contributed by atoms with Crippen LogP contribution in [0.4, 0.5) is 0 Å². The molecule has 0 saturated carbocycles. The monoisotopic (exact) mass is 443 g/mol. The molecule has 1 atom stereocenters. The standard InChI is InChI=1S/C25H21N3O3S/c1-16(18-11-12-21-22(13-18)31-15-30-21)26-23(29)14-32-25-20-10-6-5-9-19(20)24(27-28-25)17-7-3-2-4-8-17/h2-13,16H,14-15H2,1H3,(H,26,29). The second-order valence-electron chi connectivity index (χ2n) is 7.46. The number of nitrogens with zero attached hydrogens (tertiary/aromatic N) is 2. The molecule has 0 saturated heterocycles. The van der Waals surface area contributed by atoms with Crippen molar-refractivity contribution in [2.24, 2.45) is 0 Å². The quantitative estimate of drug-likeness (QED) is 0.423. The van der Waals surface area contributed by atoms with Gasteiger partial charge in [-0.05, 0) is 24.6 Å². The molecule has 0 bridgehead atoms. The summed E-state index contributed by atoms with van der Waals surface area (Å²) in [6.45, 7) is 2.18. The molecular weight excluding hydrogens is 422 g/mol. The van der Waals surface area contributed by atoms with Crippen LogP contribution in [-0.2, 0) is 4.79 Å². The van der Waals surface area contributed by atoms with Gasteiger partial charge in [-0.1, -0.05) is 72.4 Å².